The molecule has 4 rings (SSSR count). The van der Waals surface area contributed by atoms with Crippen molar-refractivity contribution in [2.24, 2.45) is 0 Å². The zero-order valence-electron chi connectivity index (χ0n) is 19.7. The predicted octanol–water partition coefficient (Wildman–Crippen LogP) is 8.56. The van der Waals surface area contributed by atoms with E-state index in [1.165, 1.54) is 17.9 Å². The van der Waals surface area contributed by atoms with E-state index >= 15 is 0 Å². The van der Waals surface area contributed by atoms with Crippen LogP contribution in [0.1, 0.15) is 33.6 Å². The summed E-state index contributed by atoms with van der Waals surface area (Å²) in [5, 5.41) is 14.0. The first-order chi connectivity index (χ1) is 17.5. The Morgan fingerprint density at radius 1 is 0.892 bits per heavy atom. The highest BCUT2D eigenvalue weighted by Gasteiger charge is 2.32. The SMILES string of the molecule is COc1cc(/C=C/c2cc(/C=C/c3cccc(C)c3)nn2-c2c(Cl)cc(C(F)(F)F)cc2Cl)ccc1O. The van der Waals surface area contributed by atoms with Crippen molar-refractivity contribution in [2.75, 3.05) is 7.11 Å². The summed E-state index contributed by atoms with van der Waals surface area (Å²) in [6.45, 7) is 1.99. The van der Waals surface area contributed by atoms with Crippen LogP contribution in [0.4, 0.5) is 13.2 Å². The average Bonchev–Trinajstić information content (AvgIpc) is 3.24. The van der Waals surface area contributed by atoms with Gasteiger partial charge in [-0.1, -0.05) is 71.2 Å². The molecule has 0 fully saturated rings. The van der Waals surface area contributed by atoms with Crippen LogP contribution >= 0.6 is 23.2 Å². The lowest BCUT2D eigenvalue weighted by atomic mass is 10.1. The third-order valence-electron chi connectivity index (χ3n) is 5.45. The number of ether oxygens (including phenoxy) is 1. The fourth-order valence-electron chi connectivity index (χ4n) is 3.66. The minimum Gasteiger partial charge on any atom is -0.504 e. The van der Waals surface area contributed by atoms with Crippen molar-refractivity contribution < 1.29 is 23.0 Å². The summed E-state index contributed by atoms with van der Waals surface area (Å²) in [5.74, 6) is 0.294. The number of alkyl halides is 3. The first kappa shape index (κ1) is 26.4. The number of rotatable bonds is 6. The van der Waals surface area contributed by atoms with Gasteiger partial charge < -0.3 is 9.84 Å². The van der Waals surface area contributed by atoms with Crippen molar-refractivity contribution >= 4 is 47.5 Å². The number of phenols is 1. The monoisotopic (exact) mass is 544 g/mol. The van der Waals surface area contributed by atoms with E-state index in [0.29, 0.717) is 22.7 Å². The van der Waals surface area contributed by atoms with Crippen LogP contribution in [0.2, 0.25) is 10.0 Å². The van der Waals surface area contributed by atoms with E-state index in [4.69, 9.17) is 27.9 Å². The molecule has 1 aromatic heterocycles. The lowest BCUT2D eigenvalue weighted by Crippen LogP contribution is -2.08. The third kappa shape index (κ3) is 6.18. The molecule has 4 nitrogen and oxygen atoms in total. The molecule has 0 unspecified atom stereocenters. The summed E-state index contributed by atoms with van der Waals surface area (Å²) in [6.07, 6.45) is 2.53. The number of aromatic nitrogens is 2. The molecule has 37 heavy (non-hydrogen) atoms. The number of phenolic OH excluding ortho intramolecular Hbond substituents is 1. The van der Waals surface area contributed by atoms with Crippen LogP contribution in [0.5, 0.6) is 11.5 Å². The lowest BCUT2D eigenvalue weighted by molar-refractivity contribution is -0.137. The molecule has 0 aliphatic heterocycles. The smallest absolute Gasteiger partial charge is 0.416 e. The molecule has 0 amide bonds. The molecule has 9 heteroatoms. The maximum absolute atomic E-state index is 13.3. The van der Waals surface area contributed by atoms with Gasteiger partial charge in [0, 0.05) is 0 Å². The Morgan fingerprint density at radius 3 is 2.22 bits per heavy atom. The number of hydrogen-bond acceptors (Lipinski definition) is 3. The maximum Gasteiger partial charge on any atom is 0.416 e. The minimum atomic E-state index is -4.60. The molecule has 0 saturated carbocycles. The molecular formula is C28H21Cl2F3N2O2. The van der Waals surface area contributed by atoms with Gasteiger partial charge in [0.2, 0.25) is 0 Å². The van der Waals surface area contributed by atoms with Gasteiger partial charge >= 0.3 is 6.18 Å². The Hall–Kier alpha value is -3.68. The van der Waals surface area contributed by atoms with Crippen LogP contribution < -0.4 is 4.74 Å². The molecule has 0 spiro atoms. The second kappa shape index (κ2) is 10.7. The van der Waals surface area contributed by atoms with Gasteiger partial charge in [-0.05, 0) is 60.5 Å². The van der Waals surface area contributed by atoms with E-state index in [-0.39, 0.29) is 21.5 Å². The van der Waals surface area contributed by atoms with E-state index in [1.54, 1.807) is 36.4 Å². The minimum absolute atomic E-state index is 0.00316. The van der Waals surface area contributed by atoms with Crippen LogP contribution in [-0.2, 0) is 6.18 Å². The first-order valence-corrected chi connectivity index (χ1v) is 11.8. The molecule has 0 aliphatic rings. The number of methoxy groups -OCH3 is 1. The molecule has 0 radical (unpaired) electrons. The zero-order valence-corrected chi connectivity index (χ0v) is 21.2. The largest absolute Gasteiger partial charge is 0.504 e. The highest BCUT2D eigenvalue weighted by molar-refractivity contribution is 6.37. The normalized spacial score (nSPS) is 12.1. The number of hydrogen-bond donors (Lipinski definition) is 1. The van der Waals surface area contributed by atoms with Crippen molar-refractivity contribution in [1.29, 1.82) is 0 Å². The van der Waals surface area contributed by atoms with Crippen molar-refractivity contribution in [3.63, 3.8) is 0 Å². The van der Waals surface area contributed by atoms with E-state index in [1.807, 2.05) is 37.3 Å². The topological polar surface area (TPSA) is 47.3 Å². The molecule has 1 heterocycles. The van der Waals surface area contributed by atoms with Crippen molar-refractivity contribution in [3.8, 4) is 17.2 Å². The van der Waals surface area contributed by atoms with Crippen molar-refractivity contribution in [1.82, 2.24) is 9.78 Å². The van der Waals surface area contributed by atoms with Crippen LogP contribution in [0.25, 0.3) is 30.0 Å². The van der Waals surface area contributed by atoms with Crippen molar-refractivity contribution in [3.05, 3.63) is 104 Å². The third-order valence-corrected chi connectivity index (χ3v) is 6.03. The quantitative estimate of drug-likeness (QED) is 0.264. The average molecular weight is 545 g/mol. The van der Waals surface area contributed by atoms with Crippen molar-refractivity contribution in [2.45, 2.75) is 13.1 Å². The summed E-state index contributed by atoms with van der Waals surface area (Å²) >= 11 is 12.6. The fourth-order valence-corrected chi connectivity index (χ4v) is 4.31. The zero-order chi connectivity index (χ0) is 26.7. The van der Waals surface area contributed by atoms with E-state index in [2.05, 4.69) is 5.10 Å². The molecule has 190 valence electrons. The fraction of sp³-hybridized carbons (Fsp3) is 0.107. The standard InChI is InChI=1S/C28H21Cl2F3N2O2/c1-17-4-3-5-18(12-17)6-9-21-16-22(10-7-19-8-11-25(36)26(13-19)37-2)35(34-21)27-23(29)14-20(15-24(27)30)28(31,32)33/h3-16,36H,1-2H3/b9-6+,10-7+. The summed E-state index contributed by atoms with van der Waals surface area (Å²) in [4.78, 5) is 0. The van der Waals surface area contributed by atoms with E-state index in [0.717, 1.165) is 23.3 Å². The summed E-state index contributed by atoms with van der Waals surface area (Å²) in [7, 11) is 1.44. The maximum atomic E-state index is 13.3. The molecule has 0 bridgehead atoms. The van der Waals surface area contributed by atoms with E-state index < -0.39 is 11.7 Å². The summed E-state index contributed by atoms with van der Waals surface area (Å²) in [5.41, 5.74) is 3.00. The van der Waals surface area contributed by atoms with Crippen LogP contribution in [-0.4, -0.2) is 22.0 Å². The van der Waals surface area contributed by atoms with Gasteiger partial charge in [0.25, 0.3) is 0 Å². The molecule has 0 atom stereocenters. The summed E-state index contributed by atoms with van der Waals surface area (Å²) < 4.78 is 46.3. The van der Waals surface area contributed by atoms with Crippen LogP contribution in [0.15, 0.2) is 60.7 Å². The van der Waals surface area contributed by atoms with Gasteiger partial charge in [0.15, 0.2) is 11.5 Å². The lowest BCUT2D eigenvalue weighted by Gasteiger charge is -2.13. The first-order valence-electron chi connectivity index (χ1n) is 11.0. The molecule has 1 N–H and O–H groups in total. The Kier molecular flexibility index (Phi) is 7.66. The Morgan fingerprint density at radius 2 is 1.57 bits per heavy atom. The number of aryl methyl sites for hydroxylation is 1. The summed E-state index contributed by atoms with van der Waals surface area (Å²) in [6, 6.07) is 16.1. The van der Waals surface area contributed by atoms with Gasteiger partial charge in [0.05, 0.1) is 34.1 Å². The Balaban J connectivity index is 1.80. The Labute approximate surface area is 221 Å². The van der Waals surface area contributed by atoms with Gasteiger partial charge in [-0.15, -0.1) is 0 Å². The predicted molar refractivity (Wildman–Crippen MR) is 142 cm³/mol. The van der Waals surface area contributed by atoms with Crippen LogP contribution in [0.3, 0.4) is 0 Å². The molecular weight excluding hydrogens is 524 g/mol. The molecule has 0 aliphatic carbocycles. The number of benzene rings is 3. The molecule has 4 aromatic rings. The number of nitrogens with zero attached hydrogens (tertiary/aromatic N) is 2. The van der Waals surface area contributed by atoms with Gasteiger partial charge in [0.1, 0.15) is 5.69 Å². The highest BCUT2D eigenvalue weighted by Crippen LogP contribution is 2.38. The number of aromatic hydroxyl groups is 1. The van der Waals surface area contributed by atoms with Crippen LogP contribution in [0, 0.1) is 6.92 Å². The molecule has 0 saturated heterocycles. The van der Waals surface area contributed by atoms with Gasteiger partial charge in [-0.25, -0.2) is 4.68 Å². The Bertz CT molecular complexity index is 1480. The van der Waals surface area contributed by atoms with Gasteiger partial charge in [-0.3, -0.25) is 0 Å². The highest BCUT2D eigenvalue weighted by atomic mass is 35.5. The number of halogens is 5. The second-order valence-corrected chi connectivity index (χ2v) is 9.02. The van der Waals surface area contributed by atoms with E-state index in [9.17, 15) is 18.3 Å². The second-order valence-electron chi connectivity index (χ2n) is 8.20. The molecule has 3 aromatic carbocycles. The van der Waals surface area contributed by atoms with Gasteiger partial charge in [-0.2, -0.15) is 18.3 Å².